The van der Waals surface area contributed by atoms with E-state index in [1.165, 1.54) is 12.1 Å². The van der Waals surface area contributed by atoms with Gasteiger partial charge in [0.1, 0.15) is 5.82 Å². The van der Waals surface area contributed by atoms with E-state index in [-0.39, 0.29) is 16.8 Å². The van der Waals surface area contributed by atoms with Gasteiger partial charge in [0.15, 0.2) is 0 Å². The minimum atomic E-state index is -3.56. The van der Waals surface area contributed by atoms with E-state index in [0.29, 0.717) is 17.8 Å². The zero-order chi connectivity index (χ0) is 23.7. The van der Waals surface area contributed by atoms with E-state index < -0.39 is 10.0 Å². The molecule has 7 nitrogen and oxygen atoms in total. The van der Waals surface area contributed by atoms with Gasteiger partial charge < -0.3 is 10.3 Å². The molecule has 8 heteroatoms. The normalized spacial score (nSPS) is 17.0. The highest BCUT2D eigenvalue weighted by atomic mass is 32.2. The number of sulfonamides is 1. The van der Waals surface area contributed by atoms with E-state index in [0.717, 1.165) is 41.7 Å². The van der Waals surface area contributed by atoms with Crippen LogP contribution in [-0.2, 0) is 10.0 Å². The molecule has 5 rings (SSSR count). The number of para-hydroxylation sites is 2. The number of amides is 1. The fraction of sp³-hybridized carbons (Fsp3) is 0.231. The van der Waals surface area contributed by atoms with E-state index in [9.17, 15) is 13.2 Å². The van der Waals surface area contributed by atoms with Crippen molar-refractivity contribution < 1.29 is 13.2 Å². The number of nitrogens with one attached hydrogen (secondary N) is 2. The molecule has 2 N–H and O–H groups in total. The maximum atomic E-state index is 13.0. The molecule has 0 bridgehead atoms. The van der Waals surface area contributed by atoms with Crippen molar-refractivity contribution in [1.82, 2.24) is 14.3 Å². The van der Waals surface area contributed by atoms with Crippen LogP contribution in [-0.4, -0.2) is 41.2 Å². The van der Waals surface area contributed by atoms with E-state index in [1.807, 2.05) is 55.5 Å². The van der Waals surface area contributed by atoms with Gasteiger partial charge in [0.2, 0.25) is 10.0 Å². The van der Waals surface area contributed by atoms with E-state index in [4.69, 9.17) is 0 Å². The molecule has 1 atom stereocenters. The second-order valence-corrected chi connectivity index (χ2v) is 10.5. The van der Waals surface area contributed by atoms with Gasteiger partial charge in [-0.3, -0.25) is 4.79 Å². The summed E-state index contributed by atoms with van der Waals surface area (Å²) in [6.45, 7) is 2.48. The minimum absolute atomic E-state index is 0.00994. The van der Waals surface area contributed by atoms with Crippen molar-refractivity contribution >= 4 is 32.7 Å². The molecule has 4 aromatic rings. The number of aromatic amines is 1. The summed E-state index contributed by atoms with van der Waals surface area (Å²) in [6.07, 6.45) is 2.79. The molecule has 1 amide bonds. The fourth-order valence-electron chi connectivity index (χ4n) is 4.35. The lowest BCUT2D eigenvalue weighted by molar-refractivity contribution is 0.102. The van der Waals surface area contributed by atoms with Gasteiger partial charge in [-0.1, -0.05) is 18.6 Å². The number of carbonyl (C=O) groups is 1. The van der Waals surface area contributed by atoms with Gasteiger partial charge in [-0.05, 0) is 80.4 Å². The van der Waals surface area contributed by atoms with Crippen LogP contribution < -0.4 is 5.32 Å². The van der Waals surface area contributed by atoms with Crippen molar-refractivity contribution in [2.24, 2.45) is 0 Å². The Balaban J connectivity index is 1.28. The molecule has 0 aliphatic carbocycles. The van der Waals surface area contributed by atoms with Crippen LogP contribution in [0.15, 0.2) is 77.7 Å². The average molecular weight is 475 g/mol. The third kappa shape index (κ3) is 4.34. The van der Waals surface area contributed by atoms with Crippen LogP contribution in [0, 0.1) is 0 Å². The fourth-order valence-corrected chi connectivity index (χ4v) is 6.05. The summed E-state index contributed by atoms with van der Waals surface area (Å²) < 4.78 is 27.6. The maximum absolute atomic E-state index is 13.0. The third-order valence-electron chi connectivity index (χ3n) is 6.27. The molecule has 0 unspecified atom stereocenters. The summed E-state index contributed by atoms with van der Waals surface area (Å²) in [5.41, 5.74) is 3.82. The number of H-pyrrole nitrogens is 1. The maximum Gasteiger partial charge on any atom is 0.255 e. The third-order valence-corrected chi connectivity index (χ3v) is 8.30. The van der Waals surface area contributed by atoms with Crippen LogP contribution in [0.2, 0.25) is 0 Å². The Labute approximate surface area is 198 Å². The molecule has 1 aliphatic heterocycles. The van der Waals surface area contributed by atoms with Crippen molar-refractivity contribution in [3.05, 3.63) is 78.4 Å². The summed E-state index contributed by atoms with van der Waals surface area (Å²) in [5, 5.41) is 2.86. The van der Waals surface area contributed by atoms with Gasteiger partial charge in [0, 0.05) is 29.4 Å². The first-order valence-corrected chi connectivity index (χ1v) is 12.8. The molecule has 3 aromatic carbocycles. The number of imidazole rings is 1. The smallest absolute Gasteiger partial charge is 0.255 e. The van der Waals surface area contributed by atoms with Crippen LogP contribution in [0.3, 0.4) is 0 Å². The van der Waals surface area contributed by atoms with Gasteiger partial charge in [-0.25, -0.2) is 13.4 Å². The zero-order valence-corrected chi connectivity index (χ0v) is 19.7. The minimum Gasteiger partial charge on any atom is -0.338 e. The Morgan fingerprint density at radius 3 is 2.44 bits per heavy atom. The standard InChI is InChI=1S/C26H26N4O3S/c1-18-6-4-5-17-30(18)34(32,33)22-15-11-20(12-16-22)26(31)27-21-13-9-19(10-14-21)25-28-23-7-2-3-8-24(23)29-25/h2-3,7-16,18H,4-6,17H2,1H3,(H,27,31)(H,28,29)/t18-/m1/s1. The lowest BCUT2D eigenvalue weighted by atomic mass is 10.1. The number of piperidine rings is 1. The van der Waals surface area contributed by atoms with Gasteiger partial charge in [-0.2, -0.15) is 4.31 Å². The number of rotatable bonds is 5. The monoisotopic (exact) mass is 474 g/mol. The van der Waals surface area contributed by atoms with Gasteiger partial charge in [-0.15, -0.1) is 0 Å². The predicted octanol–water partition coefficient (Wildman–Crippen LogP) is 5.05. The first-order chi connectivity index (χ1) is 16.4. The molecular weight excluding hydrogens is 448 g/mol. The molecule has 0 saturated carbocycles. The molecule has 0 spiro atoms. The number of anilines is 1. The Morgan fingerprint density at radius 2 is 1.74 bits per heavy atom. The predicted molar refractivity (Wildman–Crippen MR) is 133 cm³/mol. The molecule has 0 radical (unpaired) electrons. The molecular formula is C26H26N4O3S. The van der Waals surface area contributed by atoms with E-state index in [1.54, 1.807) is 16.4 Å². The average Bonchev–Trinajstić information content (AvgIpc) is 3.29. The highest BCUT2D eigenvalue weighted by Gasteiger charge is 2.30. The zero-order valence-electron chi connectivity index (χ0n) is 18.9. The number of benzene rings is 3. The first kappa shape index (κ1) is 22.3. The lowest BCUT2D eigenvalue weighted by Gasteiger charge is -2.32. The van der Waals surface area contributed by atoms with Crippen molar-refractivity contribution in [1.29, 1.82) is 0 Å². The Hall–Kier alpha value is -3.49. The largest absolute Gasteiger partial charge is 0.338 e. The molecule has 1 aliphatic rings. The van der Waals surface area contributed by atoms with E-state index >= 15 is 0 Å². The topological polar surface area (TPSA) is 95.2 Å². The summed E-state index contributed by atoms with van der Waals surface area (Å²) in [7, 11) is -3.56. The number of fused-ring (bicyclic) bond motifs is 1. The van der Waals surface area contributed by atoms with Crippen molar-refractivity contribution in [2.75, 3.05) is 11.9 Å². The Kier molecular flexibility index (Phi) is 5.93. The van der Waals surface area contributed by atoms with Gasteiger partial charge >= 0.3 is 0 Å². The lowest BCUT2D eigenvalue weighted by Crippen LogP contribution is -2.41. The second kappa shape index (κ2) is 9.04. The molecule has 1 aromatic heterocycles. The molecule has 1 fully saturated rings. The highest BCUT2D eigenvalue weighted by molar-refractivity contribution is 7.89. The second-order valence-electron chi connectivity index (χ2n) is 8.62. The molecule has 34 heavy (non-hydrogen) atoms. The van der Waals surface area contributed by atoms with E-state index in [2.05, 4.69) is 15.3 Å². The summed E-state index contributed by atoms with van der Waals surface area (Å²) >= 11 is 0. The summed E-state index contributed by atoms with van der Waals surface area (Å²) in [6, 6.07) is 21.4. The van der Waals surface area contributed by atoms with Gasteiger partial charge in [0.25, 0.3) is 5.91 Å². The number of hydrogen-bond acceptors (Lipinski definition) is 4. The van der Waals surface area contributed by atoms with Crippen LogP contribution in [0.5, 0.6) is 0 Å². The number of aromatic nitrogens is 2. The highest BCUT2D eigenvalue weighted by Crippen LogP contribution is 2.26. The van der Waals surface area contributed by atoms with Crippen LogP contribution in [0.4, 0.5) is 5.69 Å². The summed E-state index contributed by atoms with van der Waals surface area (Å²) in [5.74, 6) is 0.464. The van der Waals surface area contributed by atoms with Crippen LogP contribution >= 0.6 is 0 Å². The molecule has 2 heterocycles. The SMILES string of the molecule is C[C@@H]1CCCCN1S(=O)(=O)c1ccc(C(=O)Nc2ccc(-c3nc4ccccc4[nH]3)cc2)cc1. The van der Waals surface area contributed by atoms with Gasteiger partial charge in [0.05, 0.1) is 15.9 Å². The van der Waals surface area contributed by atoms with Crippen LogP contribution in [0.25, 0.3) is 22.4 Å². The van der Waals surface area contributed by atoms with Crippen LogP contribution in [0.1, 0.15) is 36.5 Å². The number of nitrogens with zero attached hydrogens (tertiary/aromatic N) is 2. The number of hydrogen-bond donors (Lipinski definition) is 2. The van der Waals surface area contributed by atoms with Crippen molar-refractivity contribution in [3.63, 3.8) is 0 Å². The molecule has 1 saturated heterocycles. The first-order valence-electron chi connectivity index (χ1n) is 11.4. The summed E-state index contributed by atoms with van der Waals surface area (Å²) in [4.78, 5) is 20.8. The van der Waals surface area contributed by atoms with Crippen molar-refractivity contribution in [2.45, 2.75) is 37.1 Å². The quantitative estimate of drug-likeness (QED) is 0.423. The van der Waals surface area contributed by atoms with Crippen molar-refractivity contribution in [3.8, 4) is 11.4 Å². The Morgan fingerprint density at radius 1 is 1.00 bits per heavy atom. The number of carbonyl (C=O) groups excluding carboxylic acids is 1. The molecule has 174 valence electrons. The Bertz CT molecular complexity index is 1390.